The van der Waals surface area contributed by atoms with E-state index >= 15 is 0 Å². The molecule has 2 aromatic rings. The van der Waals surface area contributed by atoms with Crippen LogP contribution in [0.25, 0.3) is 0 Å². The fraction of sp³-hybridized carbons (Fsp3) is 0.375. The number of aromatic nitrogens is 2. The first-order valence-electron chi connectivity index (χ1n) is 7.03. The Bertz CT molecular complexity index is 525. The molecule has 0 saturated heterocycles. The Morgan fingerprint density at radius 1 is 1.05 bits per heavy atom. The number of nitrogens with zero attached hydrogens (tertiary/aromatic N) is 2. The highest BCUT2D eigenvalue weighted by Gasteiger charge is 2.06. The lowest BCUT2D eigenvalue weighted by Gasteiger charge is -2.15. The van der Waals surface area contributed by atoms with Crippen LogP contribution in [0.3, 0.4) is 0 Å². The molecule has 1 unspecified atom stereocenters. The summed E-state index contributed by atoms with van der Waals surface area (Å²) in [5, 5.41) is 6.63. The first-order valence-corrected chi connectivity index (χ1v) is 7.03. The van der Waals surface area contributed by atoms with E-state index in [9.17, 15) is 0 Å². The van der Waals surface area contributed by atoms with Crippen LogP contribution in [0.2, 0.25) is 0 Å². The lowest BCUT2D eigenvalue weighted by atomic mass is 10.1. The average Bonchev–Trinajstić information content (AvgIpc) is 2.46. The van der Waals surface area contributed by atoms with Gasteiger partial charge in [-0.1, -0.05) is 44.2 Å². The summed E-state index contributed by atoms with van der Waals surface area (Å²) in [7, 11) is 0. The largest absolute Gasteiger partial charge is 0.363 e. The van der Waals surface area contributed by atoms with Crippen LogP contribution < -0.4 is 10.6 Å². The zero-order valence-corrected chi connectivity index (χ0v) is 12.3. The second-order valence-corrected chi connectivity index (χ2v) is 5.32. The lowest BCUT2D eigenvalue weighted by Crippen LogP contribution is -2.12. The first kappa shape index (κ1) is 14.3. The van der Waals surface area contributed by atoms with E-state index in [1.807, 2.05) is 24.3 Å². The maximum absolute atomic E-state index is 4.48. The van der Waals surface area contributed by atoms with Crippen LogP contribution >= 0.6 is 0 Å². The molecule has 0 bridgehead atoms. The number of nitrogens with one attached hydrogen (secondary N) is 2. The molecular formula is C16H22N4. The quantitative estimate of drug-likeness (QED) is 0.840. The van der Waals surface area contributed by atoms with Gasteiger partial charge in [0.1, 0.15) is 5.82 Å². The first-order chi connectivity index (χ1) is 9.65. The Morgan fingerprint density at radius 3 is 2.50 bits per heavy atom. The Kier molecular flexibility index (Phi) is 4.93. The van der Waals surface area contributed by atoms with Crippen molar-refractivity contribution in [2.24, 2.45) is 5.92 Å². The molecule has 4 heteroatoms. The summed E-state index contributed by atoms with van der Waals surface area (Å²) < 4.78 is 0. The van der Waals surface area contributed by atoms with E-state index in [-0.39, 0.29) is 6.04 Å². The molecular weight excluding hydrogens is 248 g/mol. The van der Waals surface area contributed by atoms with Gasteiger partial charge < -0.3 is 10.6 Å². The van der Waals surface area contributed by atoms with Gasteiger partial charge in [0.2, 0.25) is 5.95 Å². The van der Waals surface area contributed by atoms with Crippen molar-refractivity contribution >= 4 is 11.8 Å². The zero-order valence-electron chi connectivity index (χ0n) is 12.3. The van der Waals surface area contributed by atoms with Gasteiger partial charge in [-0.2, -0.15) is 4.98 Å². The van der Waals surface area contributed by atoms with Crippen LogP contribution in [-0.4, -0.2) is 16.5 Å². The predicted molar refractivity (Wildman–Crippen MR) is 83.8 cm³/mol. The third kappa shape index (κ3) is 4.23. The number of benzene rings is 1. The van der Waals surface area contributed by atoms with Gasteiger partial charge in [-0.05, 0) is 24.5 Å². The fourth-order valence-electron chi connectivity index (χ4n) is 1.87. The Labute approximate surface area is 120 Å². The van der Waals surface area contributed by atoms with E-state index < -0.39 is 0 Å². The highest BCUT2D eigenvalue weighted by atomic mass is 15.1. The summed E-state index contributed by atoms with van der Waals surface area (Å²) >= 11 is 0. The summed E-state index contributed by atoms with van der Waals surface area (Å²) in [4.78, 5) is 8.71. The number of rotatable bonds is 6. The average molecular weight is 270 g/mol. The van der Waals surface area contributed by atoms with Crippen molar-refractivity contribution in [1.82, 2.24) is 9.97 Å². The molecule has 0 aliphatic carbocycles. The summed E-state index contributed by atoms with van der Waals surface area (Å²) in [6.45, 7) is 7.31. The van der Waals surface area contributed by atoms with Crippen molar-refractivity contribution in [3.63, 3.8) is 0 Å². The Morgan fingerprint density at radius 2 is 1.80 bits per heavy atom. The maximum Gasteiger partial charge on any atom is 0.224 e. The number of hydrogen-bond donors (Lipinski definition) is 2. The van der Waals surface area contributed by atoms with Crippen molar-refractivity contribution in [3.05, 3.63) is 48.2 Å². The zero-order chi connectivity index (χ0) is 14.4. The van der Waals surface area contributed by atoms with E-state index in [0.29, 0.717) is 11.9 Å². The van der Waals surface area contributed by atoms with E-state index in [4.69, 9.17) is 0 Å². The van der Waals surface area contributed by atoms with Crippen molar-refractivity contribution in [3.8, 4) is 0 Å². The second kappa shape index (κ2) is 6.89. The summed E-state index contributed by atoms with van der Waals surface area (Å²) in [5.41, 5.74) is 1.24. The minimum atomic E-state index is 0.212. The van der Waals surface area contributed by atoms with Gasteiger partial charge in [0.05, 0.1) is 0 Å². The molecule has 106 valence electrons. The molecule has 2 N–H and O–H groups in total. The van der Waals surface area contributed by atoms with Crippen molar-refractivity contribution in [1.29, 1.82) is 0 Å². The molecule has 1 heterocycles. The molecule has 0 spiro atoms. The molecule has 20 heavy (non-hydrogen) atoms. The molecule has 0 aliphatic heterocycles. The molecule has 1 aromatic heterocycles. The van der Waals surface area contributed by atoms with Crippen LogP contribution in [0.15, 0.2) is 42.6 Å². The van der Waals surface area contributed by atoms with Gasteiger partial charge >= 0.3 is 0 Å². The van der Waals surface area contributed by atoms with Crippen LogP contribution in [0.5, 0.6) is 0 Å². The molecule has 0 aliphatic rings. The standard InChI is InChI=1S/C16H22N4/c1-12(2)11-18-16-17-10-9-15(20-16)19-13(3)14-7-5-4-6-8-14/h4-10,12-13H,11H2,1-3H3,(H2,17,18,19,20). The number of anilines is 2. The van der Waals surface area contributed by atoms with Crippen molar-refractivity contribution in [2.75, 3.05) is 17.2 Å². The van der Waals surface area contributed by atoms with E-state index in [1.165, 1.54) is 5.56 Å². The van der Waals surface area contributed by atoms with Gasteiger partial charge in [-0.25, -0.2) is 4.98 Å². The fourth-order valence-corrected chi connectivity index (χ4v) is 1.87. The van der Waals surface area contributed by atoms with E-state index in [2.05, 4.69) is 53.5 Å². The van der Waals surface area contributed by atoms with Crippen LogP contribution in [0.1, 0.15) is 32.4 Å². The molecule has 0 saturated carbocycles. The normalized spacial score (nSPS) is 12.2. The minimum absolute atomic E-state index is 0.212. The van der Waals surface area contributed by atoms with Crippen LogP contribution in [0, 0.1) is 5.92 Å². The molecule has 0 amide bonds. The third-order valence-electron chi connectivity index (χ3n) is 2.99. The Hall–Kier alpha value is -2.10. The lowest BCUT2D eigenvalue weighted by molar-refractivity contribution is 0.684. The van der Waals surface area contributed by atoms with Crippen LogP contribution in [0.4, 0.5) is 11.8 Å². The minimum Gasteiger partial charge on any atom is -0.363 e. The van der Waals surface area contributed by atoms with E-state index in [0.717, 1.165) is 12.4 Å². The SMILES string of the molecule is CC(C)CNc1nccc(NC(C)c2ccccc2)n1. The van der Waals surface area contributed by atoms with Gasteiger partial charge in [0.15, 0.2) is 0 Å². The third-order valence-corrected chi connectivity index (χ3v) is 2.99. The Balaban J connectivity index is 2.00. The molecule has 0 fully saturated rings. The van der Waals surface area contributed by atoms with E-state index in [1.54, 1.807) is 6.20 Å². The van der Waals surface area contributed by atoms with Gasteiger partial charge in [0, 0.05) is 18.8 Å². The highest BCUT2D eigenvalue weighted by Crippen LogP contribution is 2.17. The summed E-state index contributed by atoms with van der Waals surface area (Å²) in [6, 6.07) is 12.4. The second-order valence-electron chi connectivity index (χ2n) is 5.32. The van der Waals surface area contributed by atoms with Crippen LogP contribution in [-0.2, 0) is 0 Å². The predicted octanol–water partition coefficient (Wildman–Crippen LogP) is 3.72. The van der Waals surface area contributed by atoms with Gasteiger partial charge in [0.25, 0.3) is 0 Å². The number of hydrogen-bond acceptors (Lipinski definition) is 4. The summed E-state index contributed by atoms with van der Waals surface area (Å²) in [5.74, 6) is 2.07. The van der Waals surface area contributed by atoms with Gasteiger partial charge in [-0.15, -0.1) is 0 Å². The molecule has 0 radical (unpaired) electrons. The summed E-state index contributed by atoms with van der Waals surface area (Å²) in [6.07, 6.45) is 1.77. The smallest absolute Gasteiger partial charge is 0.224 e. The molecule has 4 nitrogen and oxygen atoms in total. The molecule has 1 aromatic carbocycles. The topological polar surface area (TPSA) is 49.8 Å². The van der Waals surface area contributed by atoms with Crippen molar-refractivity contribution in [2.45, 2.75) is 26.8 Å². The molecule has 1 atom stereocenters. The highest BCUT2D eigenvalue weighted by molar-refractivity contribution is 5.41. The van der Waals surface area contributed by atoms with Crippen molar-refractivity contribution < 1.29 is 0 Å². The monoisotopic (exact) mass is 270 g/mol. The molecule has 2 rings (SSSR count). The maximum atomic E-state index is 4.48. The van der Waals surface area contributed by atoms with Gasteiger partial charge in [-0.3, -0.25) is 0 Å².